The summed E-state index contributed by atoms with van der Waals surface area (Å²) in [5.74, 6) is 0.282. The fraction of sp³-hybridized carbons (Fsp3) is 0.359. The Labute approximate surface area is 275 Å². The molecule has 1 saturated carbocycles. The molecule has 2 amide bonds. The van der Waals surface area contributed by atoms with Gasteiger partial charge in [0.05, 0.1) is 11.4 Å². The quantitative estimate of drug-likeness (QED) is 0.198. The van der Waals surface area contributed by atoms with Gasteiger partial charge in [0.2, 0.25) is 5.91 Å². The van der Waals surface area contributed by atoms with Gasteiger partial charge >= 0.3 is 0 Å². The minimum absolute atomic E-state index is 0.00719. The van der Waals surface area contributed by atoms with E-state index in [1.165, 1.54) is 22.8 Å². The molecule has 1 saturated heterocycles. The molecule has 1 aliphatic carbocycles. The number of hydrogen-bond donors (Lipinski definition) is 1. The molecule has 1 N–H and O–H groups in total. The smallest absolute Gasteiger partial charge is 0.287 e. The number of amides is 2. The largest absolute Gasteiger partial charge is 0.451 e. The molecule has 3 aromatic carbocycles. The molecular weight excluding hydrogens is 596 g/mol. The van der Waals surface area contributed by atoms with E-state index in [9.17, 15) is 14.4 Å². The molecule has 0 radical (unpaired) electrons. The highest BCUT2D eigenvalue weighted by Crippen LogP contribution is 2.37. The maximum Gasteiger partial charge on any atom is 0.287 e. The number of rotatable bonds is 8. The molecule has 1 aromatic heterocycles. The summed E-state index contributed by atoms with van der Waals surface area (Å²) in [6, 6.07) is 20.9. The molecule has 2 heterocycles. The van der Waals surface area contributed by atoms with E-state index in [-0.39, 0.29) is 23.1 Å². The number of carbonyl (C=O) groups is 2. The zero-order valence-electron chi connectivity index (χ0n) is 26.6. The van der Waals surface area contributed by atoms with Gasteiger partial charge in [0, 0.05) is 30.6 Å². The summed E-state index contributed by atoms with van der Waals surface area (Å²) < 4.78 is 5.96. The van der Waals surface area contributed by atoms with E-state index in [0.29, 0.717) is 41.3 Å². The molecule has 238 valence electrons. The monoisotopic (exact) mass is 636 g/mol. The summed E-state index contributed by atoms with van der Waals surface area (Å²) >= 11 is 6.15. The first-order chi connectivity index (χ1) is 22.2. The van der Waals surface area contributed by atoms with Gasteiger partial charge in [-0.25, -0.2) is 0 Å². The lowest BCUT2D eigenvalue weighted by Gasteiger charge is -2.31. The molecule has 4 aromatic rings. The molecule has 0 spiro atoms. The Bertz CT molecular complexity index is 1830. The van der Waals surface area contributed by atoms with Crippen molar-refractivity contribution in [3.05, 3.63) is 127 Å². The Balaban J connectivity index is 1.19. The number of nitrogens with one attached hydrogen (secondary N) is 1. The third-order valence-electron chi connectivity index (χ3n) is 9.59. The van der Waals surface area contributed by atoms with Crippen LogP contribution in [0, 0.1) is 13.8 Å². The van der Waals surface area contributed by atoms with Crippen molar-refractivity contribution in [2.24, 2.45) is 0 Å². The first-order valence-electron chi connectivity index (χ1n) is 16.4. The van der Waals surface area contributed by atoms with Gasteiger partial charge in [0.25, 0.3) is 5.91 Å². The third-order valence-corrected chi connectivity index (χ3v) is 9.85. The summed E-state index contributed by atoms with van der Waals surface area (Å²) in [7, 11) is 0. The second-order valence-corrected chi connectivity index (χ2v) is 13.3. The number of nitrogens with zero attached hydrogens (tertiary/aromatic N) is 1. The minimum Gasteiger partial charge on any atom is -0.451 e. The highest BCUT2D eigenvalue weighted by molar-refractivity contribution is 6.30. The van der Waals surface area contributed by atoms with E-state index in [1.54, 1.807) is 0 Å². The van der Waals surface area contributed by atoms with E-state index in [1.807, 2.05) is 55.1 Å². The molecule has 1 atom stereocenters. The zero-order valence-corrected chi connectivity index (χ0v) is 27.4. The number of carbonyl (C=O) groups excluding carboxylic acids is 2. The highest BCUT2D eigenvalue weighted by atomic mass is 35.5. The number of fused-ring (bicyclic) bond motifs is 1. The van der Waals surface area contributed by atoms with Crippen LogP contribution in [0.5, 0.6) is 0 Å². The minimum atomic E-state index is -0.414. The SMILES string of the molecule is Cc1cc2oc(C(=O)N[C@@H](C=C3CCC(c4ccccc4CN4CCCCC4=O)CC3)Cc3ccc(Cl)cc3)cc(=O)c2cc1C. The molecule has 1 aliphatic heterocycles. The third kappa shape index (κ3) is 7.45. The number of hydrogen-bond acceptors (Lipinski definition) is 4. The first kappa shape index (κ1) is 31.8. The number of benzene rings is 3. The van der Waals surface area contributed by atoms with E-state index in [0.717, 1.165) is 61.8 Å². The molecule has 2 aliphatic rings. The van der Waals surface area contributed by atoms with Crippen molar-refractivity contribution >= 4 is 34.4 Å². The van der Waals surface area contributed by atoms with Crippen LogP contribution in [0.4, 0.5) is 0 Å². The van der Waals surface area contributed by atoms with Crippen molar-refractivity contribution in [3.8, 4) is 0 Å². The van der Waals surface area contributed by atoms with Crippen molar-refractivity contribution in [3.63, 3.8) is 0 Å². The van der Waals surface area contributed by atoms with Crippen molar-refractivity contribution in [1.82, 2.24) is 10.2 Å². The van der Waals surface area contributed by atoms with Gasteiger partial charge in [-0.15, -0.1) is 0 Å². The number of aryl methyl sites for hydroxylation is 2. The fourth-order valence-electron chi connectivity index (χ4n) is 6.85. The van der Waals surface area contributed by atoms with Gasteiger partial charge in [0.15, 0.2) is 11.2 Å². The average molecular weight is 637 g/mol. The van der Waals surface area contributed by atoms with E-state index >= 15 is 0 Å². The van der Waals surface area contributed by atoms with Crippen LogP contribution in [0.15, 0.2) is 87.6 Å². The number of allylic oxidation sites excluding steroid dienone is 1. The summed E-state index contributed by atoms with van der Waals surface area (Å²) in [5.41, 5.74) is 7.14. The fourth-order valence-corrected chi connectivity index (χ4v) is 6.98. The van der Waals surface area contributed by atoms with Gasteiger partial charge in [-0.05, 0) is 117 Å². The second-order valence-electron chi connectivity index (χ2n) is 12.9. The lowest BCUT2D eigenvalue weighted by Crippen LogP contribution is -2.36. The highest BCUT2D eigenvalue weighted by Gasteiger charge is 2.25. The topological polar surface area (TPSA) is 79.6 Å². The van der Waals surface area contributed by atoms with Gasteiger partial charge < -0.3 is 14.6 Å². The van der Waals surface area contributed by atoms with Gasteiger partial charge in [-0.1, -0.05) is 59.6 Å². The Hall–Kier alpha value is -4.16. The van der Waals surface area contributed by atoms with Crippen LogP contribution in [0.2, 0.25) is 5.02 Å². The Kier molecular flexibility index (Phi) is 9.74. The van der Waals surface area contributed by atoms with E-state index in [2.05, 4.69) is 35.7 Å². The normalized spacial score (nSPS) is 17.6. The van der Waals surface area contributed by atoms with Crippen molar-refractivity contribution < 1.29 is 14.0 Å². The van der Waals surface area contributed by atoms with E-state index in [4.69, 9.17) is 16.0 Å². The molecule has 0 unspecified atom stereocenters. The molecule has 6 rings (SSSR count). The van der Waals surface area contributed by atoms with Crippen LogP contribution < -0.4 is 10.7 Å². The van der Waals surface area contributed by atoms with Crippen LogP contribution in [-0.2, 0) is 17.8 Å². The average Bonchev–Trinajstić information content (AvgIpc) is 3.05. The van der Waals surface area contributed by atoms with Crippen LogP contribution in [0.25, 0.3) is 11.0 Å². The van der Waals surface area contributed by atoms with Crippen molar-refractivity contribution in [2.75, 3.05) is 6.54 Å². The Morgan fingerprint density at radius 1 is 0.978 bits per heavy atom. The molecule has 7 heteroatoms. The molecule has 46 heavy (non-hydrogen) atoms. The summed E-state index contributed by atoms with van der Waals surface area (Å²) in [6.07, 6.45) is 9.37. The van der Waals surface area contributed by atoms with Crippen molar-refractivity contribution in [2.45, 2.75) is 83.7 Å². The van der Waals surface area contributed by atoms with Gasteiger partial charge in [-0.2, -0.15) is 0 Å². The summed E-state index contributed by atoms with van der Waals surface area (Å²) in [6.45, 7) is 5.44. The number of likely N-dealkylation sites (tertiary alicyclic amines) is 1. The number of halogens is 1. The lowest BCUT2D eigenvalue weighted by atomic mass is 9.79. The summed E-state index contributed by atoms with van der Waals surface area (Å²) in [4.78, 5) is 41.0. The first-order valence-corrected chi connectivity index (χ1v) is 16.8. The predicted octanol–water partition coefficient (Wildman–Crippen LogP) is 8.20. The Morgan fingerprint density at radius 2 is 1.72 bits per heavy atom. The zero-order chi connectivity index (χ0) is 32.2. The van der Waals surface area contributed by atoms with Crippen molar-refractivity contribution in [1.29, 1.82) is 0 Å². The molecule has 6 nitrogen and oxygen atoms in total. The van der Waals surface area contributed by atoms with Crippen LogP contribution in [0.3, 0.4) is 0 Å². The van der Waals surface area contributed by atoms with Crippen LogP contribution in [-0.4, -0.2) is 29.3 Å². The predicted molar refractivity (Wildman–Crippen MR) is 183 cm³/mol. The Morgan fingerprint density at radius 3 is 2.48 bits per heavy atom. The second kappa shape index (κ2) is 14.1. The van der Waals surface area contributed by atoms with Crippen LogP contribution in [0.1, 0.15) is 89.2 Å². The van der Waals surface area contributed by atoms with E-state index < -0.39 is 5.91 Å². The maximum atomic E-state index is 13.5. The molecule has 2 fully saturated rings. The maximum absolute atomic E-state index is 13.5. The standard InChI is InChI=1S/C39H41ClN2O4/c1-25-19-34-35(43)23-37(46-36(34)20-26(25)2)39(45)41-32(22-28-12-16-31(40)17-13-28)21-27-10-14-29(15-11-27)33-8-4-3-7-30(33)24-42-18-6-5-9-38(42)44/h3-4,7-8,12-13,16-17,19-21,23,29,32H,5-6,9-11,14-15,18,22,24H2,1-2H3,(H,41,45)/t29?,32-/m0/s1. The van der Waals surface area contributed by atoms with Crippen LogP contribution >= 0.6 is 11.6 Å². The lowest BCUT2D eigenvalue weighted by molar-refractivity contribution is -0.133. The summed E-state index contributed by atoms with van der Waals surface area (Å²) in [5, 5.41) is 4.28. The number of piperidine rings is 1. The molecule has 0 bridgehead atoms. The molecular formula is C39H41ClN2O4. The van der Waals surface area contributed by atoms with Gasteiger partial charge in [-0.3, -0.25) is 14.4 Å². The van der Waals surface area contributed by atoms with Gasteiger partial charge in [0.1, 0.15) is 5.58 Å².